The molecule has 0 aromatic rings. The summed E-state index contributed by atoms with van der Waals surface area (Å²) >= 11 is 0. The van der Waals surface area contributed by atoms with Crippen molar-refractivity contribution in [1.82, 2.24) is 0 Å². The van der Waals surface area contributed by atoms with E-state index in [1.54, 1.807) is 0 Å². The molecule has 0 aromatic carbocycles. The zero-order valence-electron chi connectivity index (χ0n) is 17.2. The molecule has 0 aliphatic heterocycles. The summed E-state index contributed by atoms with van der Waals surface area (Å²) < 4.78 is 5.67. The third-order valence-corrected chi connectivity index (χ3v) is 4.88. The van der Waals surface area contributed by atoms with Crippen LogP contribution in [0.2, 0.25) is 0 Å². The molecule has 0 aliphatic rings. The minimum Gasteiger partial charge on any atom is -0.481 e. The summed E-state index contributed by atoms with van der Waals surface area (Å²) in [5.41, 5.74) is 0. The molecular formula is C21H42O6. The van der Waals surface area contributed by atoms with Gasteiger partial charge in [0.2, 0.25) is 0 Å². The number of aliphatic hydroxyl groups excluding tert-OH is 3. The minimum absolute atomic E-state index is 0.0351. The molecule has 0 saturated heterocycles. The van der Waals surface area contributed by atoms with Gasteiger partial charge in [-0.3, -0.25) is 4.79 Å². The Labute approximate surface area is 164 Å². The highest BCUT2D eigenvalue weighted by Crippen LogP contribution is 2.18. The third-order valence-electron chi connectivity index (χ3n) is 4.88. The first-order valence-electron chi connectivity index (χ1n) is 10.8. The van der Waals surface area contributed by atoms with Crippen LogP contribution in [0, 0.1) is 0 Å². The van der Waals surface area contributed by atoms with Gasteiger partial charge in [0.15, 0.2) is 0 Å². The maximum atomic E-state index is 10.5. The number of unbranched alkanes of at least 4 members (excludes halogenated alkanes) is 9. The molecule has 6 nitrogen and oxygen atoms in total. The normalized spacial score (nSPS) is 14.8. The average Bonchev–Trinajstić information content (AvgIpc) is 2.65. The van der Waals surface area contributed by atoms with Crippen molar-refractivity contribution in [2.45, 2.75) is 115 Å². The van der Waals surface area contributed by atoms with Crippen molar-refractivity contribution in [2.24, 2.45) is 0 Å². The van der Waals surface area contributed by atoms with E-state index < -0.39 is 18.2 Å². The minimum atomic E-state index is -0.912. The Morgan fingerprint density at radius 1 is 0.852 bits per heavy atom. The highest BCUT2D eigenvalue weighted by Gasteiger charge is 2.20. The zero-order valence-corrected chi connectivity index (χ0v) is 17.2. The van der Waals surface area contributed by atoms with Gasteiger partial charge in [0.05, 0.1) is 25.4 Å². The number of ether oxygens (including phenoxy) is 1. The molecule has 0 bridgehead atoms. The molecule has 0 aliphatic carbocycles. The Hall–Kier alpha value is -0.690. The van der Waals surface area contributed by atoms with Crippen LogP contribution in [0.3, 0.4) is 0 Å². The summed E-state index contributed by atoms with van der Waals surface area (Å²) in [5.74, 6) is -0.747. The van der Waals surface area contributed by atoms with Crippen LogP contribution in [0.5, 0.6) is 0 Å². The van der Waals surface area contributed by atoms with Crippen molar-refractivity contribution in [3.8, 4) is 0 Å². The average molecular weight is 391 g/mol. The Kier molecular flexibility index (Phi) is 18.2. The molecular weight excluding hydrogens is 348 g/mol. The van der Waals surface area contributed by atoms with Crippen molar-refractivity contribution in [1.29, 1.82) is 0 Å². The quantitative estimate of drug-likeness (QED) is 0.236. The topological polar surface area (TPSA) is 107 Å². The van der Waals surface area contributed by atoms with E-state index in [1.807, 2.05) is 0 Å². The summed E-state index contributed by atoms with van der Waals surface area (Å²) in [4.78, 5) is 10.5. The lowest BCUT2D eigenvalue weighted by Crippen LogP contribution is -2.33. The second-order valence-corrected chi connectivity index (χ2v) is 7.53. The smallest absolute Gasteiger partial charge is 0.303 e. The number of carboxylic acids is 1. The fourth-order valence-electron chi connectivity index (χ4n) is 3.15. The van der Waals surface area contributed by atoms with Crippen LogP contribution in [0.4, 0.5) is 0 Å². The first kappa shape index (κ1) is 26.3. The molecule has 3 unspecified atom stereocenters. The lowest BCUT2D eigenvalue weighted by molar-refractivity contribution is -0.137. The molecule has 0 aromatic heterocycles. The molecule has 0 heterocycles. The molecule has 0 amide bonds. The number of hydrogen-bond acceptors (Lipinski definition) is 5. The highest BCUT2D eigenvalue weighted by atomic mass is 16.5. The molecule has 0 spiro atoms. The van der Waals surface area contributed by atoms with Crippen molar-refractivity contribution in [3.63, 3.8) is 0 Å². The van der Waals surface area contributed by atoms with E-state index in [0.29, 0.717) is 19.3 Å². The summed E-state index contributed by atoms with van der Waals surface area (Å²) in [7, 11) is 0. The van der Waals surface area contributed by atoms with E-state index in [2.05, 4.69) is 6.92 Å². The molecule has 27 heavy (non-hydrogen) atoms. The van der Waals surface area contributed by atoms with Crippen LogP contribution < -0.4 is 0 Å². The van der Waals surface area contributed by atoms with Crippen molar-refractivity contribution in [3.05, 3.63) is 0 Å². The Morgan fingerprint density at radius 2 is 1.41 bits per heavy atom. The lowest BCUT2D eigenvalue weighted by Gasteiger charge is -2.24. The van der Waals surface area contributed by atoms with Crippen LogP contribution in [-0.2, 0) is 9.53 Å². The molecule has 4 N–H and O–H groups in total. The van der Waals surface area contributed by atoms with E-state index in [-0.39, 0.29) is 25.7 Å². The van der Waals surface area contributed by atoms with E-state index in [9.17, 15) is 15.0 Å². The predicted octanol–water partition coefficient (Wildman–Crippen LogP) is 3.65. The first-order valence-corrected chi connectivity index (χ1v) is 10.8. The van der Waals surface area contributed by atoms with Gasteiger partial charge >= 0.3 is 5.97 Å². The van der Waals surface area contributed by atoms with E-state index in [0.717, 1.165) is 38.5 Å². The van der Waals surface area contributed by atoms with Gasteiger partial charge in [-0.15, -0.1) is 0 Å². The first-order chi connectivity index (χ1) is 13.0. The van der Waals surface area contributed by atoms with Gasteiger partial charge in [0.25, 0.3) is 0 Å². The molecule has 162 valence electrons. The number of carbonyl (C=O) groups is 1. The van der Waals surface area contributed by atoms with Gasteiger partial charge in [0, 0.05) is 6.42 Å². The van der Waals surface area contributed by atoms with E-state index in [4.69, 9.17) is 14.9 Å². The van der Waals surface area contributed by atoms with Gasteiger partial charge in [0.1, 0.15) is 6.10 Å². The number of aliphatic carboxylic acids is 1. The summed E-state index contributed by atoms with van der Waals surface area (Å²) in [5, 5.41) is 37.5. The zero-order chi connectivity index (χ0) is 20.3. The van der Waals surface area contributed by atoms with Crippen LogP contribution in [-0.4, -0.2) is 57.9 Å². The number of hydrogen-bond donors (Lipinski definition) is 4. The Morgan fingerprint density at radius 3 is 2.00 bits per heavy atom. The fraction of sp³-hybridized carbons (Fsp3) is 0.952. The SMILES string of the molecule is CCCCCCCCC(O)C(CCCCCCCC(=O)O)OCC(O)CO. The Balaban J connectivity index is 4.05. The number of carboxylic acid groups (broad SMARTS) is 1. The molecule has 0 saturated carbocycles. The van der Waals surface area contributed by atoms with Crippen LogP contribution in [0.15, 0.2) is 0 Å². The maximum absolute atomic E-state index is 10.5. The molecule has 6 heteroatoms. The highest BCUT2D eigenvalue weighted by molar-refractivity contribution is 5.66. The van der Waals surface area contributed by atoms with Gasteiger partial charge < -0.3 is 25.2 Å². The molecule has 0 fully saturated rings. The summed E-state index contributed by atoms with van der Waals surface area (Å²) in [6.07, 6.45) is 11.4. The van der Waals surface area contributed by atoms with E-state index >= 15 is 0 Å². The predicted molar refractivity (Wildman–Crippen MR) is 107 cm³/mol. The molecule has 3 atom stereocenters. The second kappa shape index (κ2) is 18.7. The van der Waals surface area contributed by atoms with Gasteiger partial charge in [-0.05, 0) is 19.3 Å². The van der Waals surface area contributed by atoms with Crippen LogP contribution in [0.1, 0.15) is 96.8 Å². The monoisotopic (exact) mass is 390 g/mol. The number of rotatable bonds is 20. The lowest BCUT2D eigenvalue weighted by atomic mass is 9.99. The second-order valence-electron chi connectivity index (χ2n) is 7.53. The van der Waals surface area contributed by atoms with E-state index in [1.165, 1.54) is 25.7 Å². The van der Waals surface area contributed by atoms with Crippen molar-refractivity contribution >= 4 is 5.97 Å². The van der Waals surface area contributed by atoms with Gasteiger partial charge in [-0.25, -0.2) is 0 Å². The largest absolute Gasteiger partial charge is 0.481 e. The third kappa shape index (κ3) is 17.2. The van der Waals surface area contributed by atoms with Crippen LogP contribution >= 0.6 is 0 Å². The molecule has 0 rings (SSSR count). The maximum Gasteiger partial charge on any atom is 0.303 e. The fourth-order valence-corrected chi connectivity index (χ4v) is 3.15. The summed E-state index contributed by atoms with van der Waals surface area (Å²) in [6.45, 7) is 1.88. The number of aliphatic hydroxyl groups is 3. The Bertz CT molecular complexity index is 337. The summed E-state index contributed by atoms with van der Waals surface area (Å²) in [6, 6.07) is 0. The molecule has 0 radical (unpaired) electrons. The van der Waals surface area contributed by atoms with Crippen molar-refractivity contribution < 1.29 is 30.0 Å². The van der Waals surface area contributed by atoms with Crippen molar-refractivity contribution in [2.75, 3.05) is 13.2 Å². The van der Waals surface area contributed by atoms with Gasteiger partial charge in [-0.1, -0.05) is 71.1 Å². The standard InChI is InChI=1S/C21H42O6/c1-2-3-4-5-7-10-13-19(24)20(27-17-18(23)16-22)14-11-8-6-9-12-15-21(25)26/h18-20,22-24H,2-17H2,1H3,(H,25,26). The van der Waals surface area contributed by atoms with Gasteiger partial charge in [-0.2, -0.15) is 0 Å². The van der Waals surface area contributed by atoms with Crippen LogP contribution in [0.25, 0.3) is 0 Å².